The van der Waals surface area contributed by atoms with Crippen LogP contribution in [0.1, 0.15) is 38.8 Å². The van der Waals surface area contributed by atoms with Crippen LogP contribution in [0.3, 0.4) is 0 Å². The summed E-state index contributed by atoms with van der Waals surface area (Å²) in [6.07, 6.45) is 6.50. The maximum atomic E-state index is 6.53. The van der Waals surface area contributed by atoms with Gasteiger partial charge < -0.3 is 5.73 Å². The van der Waals surface area contributed by atoms with Gasteiger partial charge in [0.2, 0.25) is 0 Å². The molecule has 1 aromatic heterocycles. The second-order valence-corrected chi connectivity index (χ2v) is 5.87. The fourth-order valence-electron chi connectivity index (χ4n) is 3.39. The molecule has 2 unspecified atom stereocenters. The highest BCUT2D eigenvalue weighted by molar-refractivity contribution is 5.07. The summed E-state index contributed by atoms with van der Waals surface area (Å²) < 4.78 is 1.86. The molecule has 0 aliphatic heterocycles. The standard InChI is InChI=1S/C13H23N3/c1-10-6-11(2)8-13(14,7-10)9-12-4-5-16(3)15-12/h4-5,10-11H,6-9,14H2,1-3H3. The minimum Gasteiger partial charge on any atom is -0.325 e. The molecule has 2 rings (SSSR count). The summed E-state index contributed by atoms with van der Waals surface area (Å²) in [5.74, 6) is 1.50. The van der Waals surface area contributed by atoms with Crippen molar-refractivity contribution in [1.29, 1.82) is 0 Å². The van der Waals surface area contributed by atoms with E-state index in [1.54, 1.807) is 0 Å². The van der Waals surface area contributed by atoms with Crippen LogP contribution in [0.5, 0.6) is 0 Å². The highest BCUT2D eigenvalue weighted by Gasteiger charge is 2.34. The van der Waals surface area contributed by atoms with E-state index in [1.807, 2.05) is 17.9 Å². The third kappa shape index (κ3) is 2.64. The normalized spacial score (nSPS) is 35.2. The zero-order chi connectivity index (χ0) is 11.8. The number of hydrogen-bond donors (Lipinski definition) is 1. The predicted octanol–water partition coefficient (Wildman–Crippen LogP) is 2.12. The van der Waals surface area contributed by atoms with Crippen molar-refractivity contribution in [2.24, 2.45) is 24.6 Å². The Bertz CT molecular complexity index is 346. The summed E-state index contributed by atoms with van der Waals surface area (Å²) in [4.78, 5) is 0. The van der Waals surface area contributed by atoms with Gasteiger partial charge in [0.15, 0.2) is 0 Å². The molecule has 0 bridgehead atoms. The van der Waals surface area contributed by atoms with Gasteiger partial charge in [0.1, 0.15) is 0 Å². The molecule has 0 aromatic carbocycles. The molecule has 1 aromatic rings. The van der Waals surface area contributed by atoms with Crippen LogP contribution in [0.25, 0.3) is 0 Å². The molecule has 1 fully saturated rings. The molecule has 2 atom stereocenters. The maximum absolute atomic E-state index is 6.53. The van der Waals surface area contributed by atoms with Gasteiger partial charge in [0.05, 0.1) is 5.69 Å². The number of nitrogens with two attached hydrogens (primary N) is 1. The first kappa shape index (κ1) is 11.6. The Morgan fingerprint density at radius 2 is 2.06 bits per heavy atom. The van der Waals surface area contributed by atoms with Crippen molar-refractivity contribution in [2.45, 2.75) is 45.1 Å². The Hall–Kier alpha value is -0.830. The Labute approximate surface area is 98.0 Å². The Kier molecular flexibility index (Phi) is 3.06. The average Bonchev–Trinajstić information content (AvgIpc) is 2.47. The van der Waals surface area contributed by atoms with Gasteiger partial charge in [-0.1, -0.05) is 13.8 Å². The molecule has 0 amide bonds. The Morgan fingerprint density at radius 1 is 1.44 bits per heavy atom. The number of hydrogen-bond acceptors (Lipinski definition) is 2. The van der Waals surface area contributed by atoms with Gasteiger partial charge >= 0.3 is 0 Å². The third-order valence-electron chi connectivity index (χ3n) is 3.62. The molecular weight excluding hydrogens is 198 g/mol. The van der Waals surface area contributed by atoms with Crippen LogP contribution in [-0.2, 0) is 13.5 Å². The third-order valence-corrected chi connectivity index (χ3v) is 3.62. The summed E-state index contributed by atoms with van der Waals surface area (Å²) in [5.41, 5.74) is 7.63. The lowest BCUT2D eigenvalue weighted by atomic mass is 9.70. The molecule has 1 saturated carbocycles. The van der Waals surface area contributed by atoms with Crippen molar-refractivity contribution < 1.29 is 0 Å². The van der Waals surface area contributed by atoms with Gasteiger partial charge in [-0.15, -0.1) is 0 Å². The highest BCUT2D eigenvalue weighted by atomic mass is 15.2. The summed E-state index contributed by atoms with van der Waals surface area (Å²) in [5, 5.41) is 4.44. The largest absolute Gasteiger partial charge is 0.325 e. The Balaban J connectivity index is 2.07. The van der Waals surface area contributed by atoms with E-state index in [4.69, 9.17) is 5.73 Å². The van der Waals surface area contributed by atoms with E-state index in [0.29, 0.717) is 0 Å². The summed E-state index contributed by atoms with van der Waals surface area (Å²) in [6, 6.07) is 2.08. The van der Waals surface area contributed by atoms with Crippen LogP contribution in [0.2, 0.25) is 0 Å². The van der Waals surface area contributed by atoms with Crippen LogP contribution in [-0.4, -0.2) is 15.3 Å². The van der Waals surface area contributed by atoms with E-state index in [1.165, 1.54) is 6.42 Å². The van der Waals surface area contributed by atoms with Crippen molar-refractivity contribution in [3.63, 3.8) is 0 Å². The van der Waals surface area contributed by atoms with E-state index >= 15 is 0 Å². The van der Waals surface area contributed by atoms with Crippen LogP contribution >= 0.6 is 0 Å². The van der Waals surface area contributed by atoms with Crippen LogP contribution < -0.4 is 5.73 Å². The molecular formula is C13H23N3. The smallest absolute Gasteiger partial charge is 0.0642 e. The molecule has 0 spiro atoms. The second-order valence-electron chi connectivity index (χ2n) is 5.87. The number of aryl methyl sites for hydroxylation is 1. The zero-order valence-corrected chi connectivity index (χ0v) is 10.6. The van der Waals surface area contributed by atoms with Crippen molar-refractivity contribution >= 4 is 0 Å². The van der Waals surface area contributed by atoms with Gasteiger partial charge in [0, 0.05) is 25.2 Å². The number of nitrogens with zero attached hydrogens (tertiary/aromatic N) is 2. The molecule has 1 aliphatic carbocycles. The molecule has 90 valence electrons. The van der Waals surface area contributed by atoms with Crippen molar-refractivity contribution in [3.8, 4) is 0 Å². The minimum atomic E-state index is -0.0363. The molecule has 1 heterocycles. The topological polar surface area (TPSA) is 43.8 Å². The lowest BCUT2D eigenvalue weighted by Gasteiger charge is -2.39. The van der Waals surface area contributed by atoms with E-state index in [2.05, 4.69) is 25.0 Å². The van der Waals surface area contributed by atoms with E-state index < -0.39 is 0 Å². The summed E-state index contributed by atoms with van der Waals surface area (Å²) in [6.45, 7) is 4.63. The number of aromatic nitrogens is 2. The van der Waals surface area contributed by atoms with Crippen LogP contribution in [0.15, 0.2) is 12.3 Å². The van der Waals surface area contributed by atoms with E-state index in [9.17, 15) is 0 Å². The second kappa shape index (κ2) is 4.21. The van der Waals surface area contributed by atoms with Gasteiger partial charge in [-0.3, -0.25) is 4.68 Å². The average molecular weight is 221 g/mol. The first-order valence-corrected chi connectivity index (χ1v) is 6.24. The van der Waals surface area contributed by atoms with E-state index in [0.717, 1.165) is 36.8 Å². The quantitative estimate of drug-likeness (QED) is 0.831. The Morgan fingerprint density at radius 3 is 2.56 bits per heavy atom. The fraction of sp³-hybridized carbons (Fsp3) is 0.769. The molecule has 16 heavy (non-hydrogen) atoms. The van der Waals surface area contributed by atoms with Crippen LogP contribution in [0.4, 0.5) is 0 Å². The lowest BCUT2D eigenvalue weighted by Crippen LogP contribution is -2.48. The first-order valence-electron chi connectivity index (χ1n) is 6.24. The zero-order valence-electron chi connectivity index (χ0n) is 10.6. The van der Waals surface area contributed by atoms with Gasteiger partial charge in [-0.05, 0) is 37.2 Å². The fourth-order valence-corrected chi connectivity index (χ4v) is 3.39. The van der Waals surface area contributed by atoms with Crippen molar-refractivity contribution in [2.75, 3.05) is 0 Å². The summed E-state index contributed by atoms with van der Waals surface area (Å²) >= 11 is 0. The predicted molar refractivity (Wildman–Crippen MR) is 66.0 cm³/mol. The highest BCUT2D eigenvalue weighted by Crippen LogP contribution is 2.36. The minimum absolute atomic E-state index is 0.0363. The maximum Gasteiger partial charge on any atom is 0.0642 e. The summed E-state index contributed by atoms with van der Waals surface area (Å²) in [7, 11) is 1.96. The first-order chi connectivity index (χ1) is 7.47. The van der Waals surface area contributed by atoms with Crippen molar-refractivity contribution in [3.05, 3.63) is 18.0 Å². The molecule has 1 aliphatic rings. The molecule has 0 saturated heterocycles. The monoisotopic (exact) mass is 221 g/mol. The van der Waals surface area contributed by atoms with Gasteiger partial charge in [-0.25, -0.2) is 0 Å². The molecule has 3 heteroatoms. The van der Waals surface area contributed by atoms with Gasteiger partial charge in [-0.2, -0.15) is 5.10 Å². The van der Waals surface area contributed by atoms with Gasteiger partial charge in [0.25, 0.3) is 0 Å². The lowest BCUT2D eigenvalue weighted by molar-refractivity contribution is 0.181. The number of rotatable bonds is 2. The molecule has 0 radical (unpaired) electrons. The SMILES string of the molecule is CC1CC(C)CC(N)(Cc2ccn(C)n2)C1. The molecule has 2 N–H and O–H groups in total. The molecule has 3 nitrogen and oxygen atoms in total. The van der Waals surface area contributed by atoms with Crippen LogP contribution in [0, 0.1) is 11.8 Å². The van der Waals surface area contributed by atoms with Crippen molar-refractivity contribution in [1.82, 2.24) is 9.78 Å². The van der Waals surface area contributed by atoms with E-state index in [-0.39, 0.29) is 5.54 Å².